The van der Waals surface area contributed by atoms with Crippen molar-refractivity contribution in [1.29, 1.82) is 5.41 Å². The SMILES string of the molecule is C=C(OC(C)=N)/C1=C(\CC)CCC2C(C(=C)N(C)C1=C)c1cc(C)ccc1-c1cc(C)c(C)c[n+]12. The molecule has 0 bridgehead atoms. The molecule has 0 aliphatic carbocycles. The van der Waals surface area contributed by atoms with Gasteiger partial charge in [0, 0.05) is 49.0 Å². The number of aromatic nitrogens is 1. The molecule has 0 amide bonds. The topological polar surface area (TPSA) is 40.2 Å². The molecule has 4 heteroatoms. The Morgan fingerprint density at radius 2 is 1.89 bits per heavy atom. The summed E-state index contributed by atoms with van der Waals surface area (Å²) >= 11 is 0. The first kappa shape index (κ1) is 24.7. The average molecular weight is 469 g/mol. The molecule has 3 heterocycles. The number of hydrogen-bond acceptors (Lipinski definition) is 3. The number of aryl methyl sites for hydroxylation is 3. The number of ether oxygens (including phenoxy) is 1. The zero-order chi connectivity index (χ0) is 25.6. The van der Waals surface area contributed by atoms with Crippen LogP contribution in [0, 0.1) is 26.2 Å². The summed E-state index contributed by atoms with van der Waals surface area (Å²) < 4.78 is 8.18. The zero-order valence-electron chi connectivity index (χ0n) is 22.1. The van der Waals surface area contributed by atoms with Crippen LogP contribution in [0.15, 0.2) is 78.5 Å². The van der Waals surface area contributed by atoms with Crippen molar-refractivity contribution < 1.29 is 9.30 Å². The van der Waals surface area contributed by atoms with Crippen LogP contribution >= 0.6 is 0 Å². The van der Waals surface area contributed by atoms with Gasteiger partial charge in [0.15, 0.2) is 18.1 Å². The van der Waals surface area contributed by atoms with Crippen molar-refractivity contribution in [3.63, 3.8) is 0 Å². The summed E-state index contributed by atoms with van der Waals surface area (Å²) in [6.07, 6.45) is 5.04. The molecule has 2 aliphatic heterocycles. The molecular formula is C31H38N3O+. The maximum Gasteiger partial charge on any atom is 0.213 e. The van der Waals surface area contributed by atoms with Gasteiger partial charge in [0.25, 0.3) is 0 Å². The van der Waals surface area contributed by atoms with Crippen molar-refractivity contribution in [3.8, 4) is 11.3 Å². The number of nitrogens with zero attached hydrogens (tertiary/aromatic N) is 2. The Labute approximate surface area is 210 Å². The Kier molecular flexibility index (Phi) is 6.59. The third kappa shape index (κ3) is 4.27. The zero-order valence-corrected chi connectivity index (χ0v) is 22.1. The second-order valence-corrected chi connectivity index (χ2v) is 10.0. The predicted octanol–water partition coefficient (Wildman–Crippen LogP) is 7.19. The molecule has 1 aromatic carbocycles. The Hall–Kier alpha value is -3.40. The van der Waals surface area contributed by atoms with Crippen molar-refractivity contribution in [2.24, 2.45) is 0 Å². The molecule has 2 unspecified atom stereocenters. The quantitative estimate of drug-likeness (QED) is 0.224. The number of hydrogen-bond donors (Lipinski definition) is 1. The molecule has 4 nitrogen and oxygen atoms in total. The summed E-state index contributed by atoms with van der Waals surface area (Å²) in [6.45, 7) is 23.6. The van der Waals surface area contributed by atoms with Gasteiger partial charge in [0.05, 0.1) is 11.5 Å². The van der Waals surface area contributed by atoms with E-state index in [1.807, 2.05) is 7.05 Å². The van der Waals surface area contributed by atoms with E-state index in [4.69, 9.17) is 10.1 Å². The molecule has 2 aliphatic rings. The number of pyridine rings is 1. The van der Waals surface area contributed by atoms with Gasteiger partial charge in [-0.15, -0.1) is 0 Å². The number of benzene rings is 1. The molecule has 0 spiro atoms. The fraction of sp³-hybridized carbons (Fsp3) is 0.355. The number of rotatable bonds is 3. The van der Waals surface area contributed by atoms with Crippen LogP contribution < -0.4 is 4.57 Å². The van der Waals surface area contributed by atoms with Crippen molar-refractivity contribution in [2.45, 2.75) is 65.8 Å². The lowest BCUT2D eigenvalue weighted by atomic mass is 9.78. The van der Waals surface area contributed by atoms with E-state index in [2.05, 4.69) is 87.4 Å². The van der Waals surface area contributed by atoms with Gasteiger partial charge in [-0.2, -0.15) is 4.57 Å². The van der Waals surface area contributed by atoms with Crippen LogP contribution in [0.5, 0.6) is 0 Å². The Morgan fingerprint density at radius 1 is 1.17 bits per heavy atom. The van der Waals surface area contributed by atoms with E-state index in [1.54, 1.807) is 6.92 Å². The van der Waals surface area contributed by atoms with E-state index in [1.165, 1.54) is 39.1 Å². The minimum absolute atomic E-state index is 0.113. The molecule has 1 aromatic heterocycles. The molecule has 0 saturated heterocycles. The predicted molar refractivity (Wildman–Crippen MR) is 144 cm³/mol. The number of nitrogens with one attached hydrogen (secondary N) is 1. The van der Waals surface area contributed by atoms with Crippen molar-refractivity contribution in [2.75, 3.05) is 7.05 Å². The van der Waals surface area contributed by atoms with Crippen LogP contribution in [0.2, 0.25) is 0 Å². The van der Waals surface area contributed by atoms with Crippen molar-refractivity contribution in [3.05, 3.63) is 101 Å². The van der Waals surface area contributed by atoms with Crippen LogP contribution in [0.1, 0.15) is 67.3 Å². The maximum atomic E-state index is 7.85. The van der Waals surface area contributed by atoms with Crippen molar-refractivity contribution in [1.82, 2.24) is 4.90 Å². The van der Waals surface area contributed by atoms with Gasteiger partial charge in [-0.25, -0.2) is 0 Å². The molecule has 1 N–H and O–H groups in total. The number of likely N-dealkylation sites (N-methyl/N-ethyl adjacent to an activating group) is 1. The van der Waals surface area contributed by atoms with E-state index in [0.717, 1.165) is 36.2 Å². The Balaban J connectivity index is 1.95. The largest absolute Gasteiger partial charge is 0.444 e. The lowest BCUT2D eigenvalue weighted by Gasteiger charge is -2.36. The highest BCUT2D eigenvalue weighted by Gasteiger charge is 2.44. The normalized spacial score (nSPS) is 21.8. The molecule has 0 radical (unpaired) electrons. The standard InChI is InChI=1S/C31H38N3O/c1-10-25-12-14-28-31(22(6)33(9)21(5)30(25)23(7)35-24(8)32)27-15-18(2)11-13-26(27)29-16-19(3)20(4)17-34(28)29/h11,13,15-17,28,31-32H,5-7,10,12,14H2,1-4,8-9H3/q+1/b30-25+,32-24?. The highest BCUT2D eigenvalue weighted by Crippen LogP contribution is 2.47. The highest BCUT2D eigenvalue weighted by atomic mass is 16.5. The van der Waals surface area contributed by atoms with E-state index in [9.17, 15) is 0 Å². The van der Waals surface area contributed by atoms with Gasteiger partial charge in [-0.05, 0) is 50.8 Å². The second-order valence-electron chi connectivity index (χ2n) is 10.0. The van der Waals surface area contributed by atoms with E-state index in [0.29, 0.717) is 5.76 Å². The summed E-state index contributed by atoms with van der Waals surface area (Å²) in [5.41, 5.74) is 11.7. The highest BCUT2D eigenvalue weighted by molar-refractivity contribution is 5.72. The van der Waals surface area contributed by atoms with Crippen LogP contribution in [0.3, 0.4) is 0 Å². The molecule has 4 rings (SSSR count). The summed E-state index contributed by atoms with van der Waals surface area (Å²) in [5.74, 6) is 0.725. The van der Waals surface area contributed by atoms with E-state index >= 15 is 0 Å². The minimum Gasteiger partial charge on any atom is -0.444 e. The maximum absolute atomic E-state index is 7.85. The first-order chi connectivity index (χ1) is 16.5. The summed E-state index contributed by atoms with van der Waals surface area (Å²) in [7, 11) is 2.04. The fourth-order valence-corrected chi connectivity index (χ4v) is 5.66. The first-order valence-corrected chi connectivity index (χ1v) is 12.4. The van der Waals surface area contributed by atoms with Crippen LogP contribution in [-0.2, 0) is 4.74 Å². The number of fused-ring (bicyclic) bond motifs is 6. The Bertz CT molecular complexity index is 1300. The molecule has 2 aromatic rings. The molecule has 0 fully saturated rings. The van der Waals surface area contributed by atoms with Crippen LogP contribution in [0.4, 0.5) is 0 Å². The third-order valence-electron chi connectivity index (χ3n) is 7.71. The lowest BCUT2D eigenvalue weighted by Crippen LogP contribution is -2.49. The van der Waals surface area contributed by atoms with Crippen LogP contribution in [-0.4, -0.2) is 17.8 Å². The molecule has 0 saturated carbocycles. The fourth-order valence-electron chi connectivity index (χ4n) is 5.66. The van der Waals surface area contributed by atoms with Gasteiger partial charge >= 0.3 is 0 Å². The van der Waals surface area contributed by atoms with Gasteiger partial charge < -0.3 is 9.64 Å². The van der Waals surface area contributed by atoms with Gasteiger partial charge in [-0.1, -0.05) is 49.9 Å². The first-order valence-electron chi connectivity index (χ1n) is 12.4. The lowest BCUT2D eigenvalue weighted by molar-refractivity contribution is -0.718. The molecule has 182 valence electrons. The van der Waals surface area contributed by atoms with E-state index < -0.39 is 0 Å². The average Bonchev–Trinajstić information content (AvgIpc) is 2.83. The Morgan fingerprint density at radius 3 is 2.54 bits per heavy atom. The van der Waals surface area contributed by atoms with Gasteiger partial charge in [-0.3, -0.25) is 5.41 Å². The van der Waals surface area contributed by atoms with Gasteiger partial charge in [0.2, 0.25) is 5.69 Å². The summed E-state index contributed by atoms with van der Waals surface area (Å²) in [6, 6.07) is 9.36. The smallest absolute Gasteiger partial charge is 0.213 e. The van der Waals surface area contributed by atoms with Gasteiger partial charge in [0.1, 0.15) is 5.76 Å². The molecule has 35 heavy (non-hydrogen) atoms. The third-order valence-corrected chi connectivity index (χ3v) is 7.71. The summed E-state index contributed by atoms with van der Waals surface area (Å²) in [5, 5.41) is 7.85. The number of allylic oxidation sites excluding steroid dienone is 2. The minimum atomic E-state index is 0.113. The summed E-state index contributed by atoms with van der Waals surface area (Å²) in [4.78, 5) is 2.11. The van der Waals surface area contributed by atoms with E-state index in [-0.39, 0.29) is 17.9 Å². The van der Waals surface area contributed by atoms with Crippen LogP contribution in [0.25, 0.3) is 11.3 Å². The second kappa shape index (κ2) is 9.33. The van der Waals surface area contributed by atoms with Crippen molar-refractivity contribution >= 4 is 5.90 Å². The molecule has 2 atom stereocenters. The monoisotopic (exact) mass is 468 g/mol. The molecular weight excluding hydrogens is 430 g/mol.